The highest BCUT2D eigenvalue weighted by atomic mass is 32.2. The number of amides is 1. The number of benzene rings is 1. The monoisotopic (exact) mass is 367 g/mol. The first kappa shape index (κ1) is 17.5. The molecule has 0 unspecified atom stereocenters. The molecule has 1 aromatic carbocycles. The Hall–Kier alpha value is -1.88. The van der Waals surface area contributed by atoms with E-state index in [0.29, 0.717) is 16.0 Å². The average Bonchev–Trinajstić information content (AvgIpc) is 3.10. The van der Waals surface area contributed by atoms with Crippen LogP contribution in [0.5, 0.6) is 0 Å². The molecule has 2 saturated carbocycles. The van der Waals surface area contributed by atoms with E-state index < -0.39 is 0 Å². The van der Waals surface area contributed by atoms with Crippen LogP contribution < -0.4 is 5.32 Å². The number of hydrogen-bond donors (Lipinski definition) is 1. The molecule has 1 aromatic rings. The van der Waals surface area contributed by atoms with Crippen molar-refractivity contribution in [2.75, 3.05) is 0 Å². The first-order valence-electron chi connectivity index (χ1n) is 9.22. The summed E-state index contributed by atoms with van der Waals surface area (Å²) in [7, 11) is 0. The maximum Gasteiger partial charge on any atom is 0.264 e. The van der Waals surface area contributed by atoms with Gasteiger partial charge in [-0.05, 0) is 60.9 Å². The summed E-state index contributed by atoms with van der Waals surface area (Å²) in [5.41, 5.74) is 3.81. The summed E-state index contributed by atoms with van der Waals surface area (Å²) < 4.78 is 0. The number of nitrogens with zero attached hydrogens (tertiary/aromatic N) is 2. The summed E-state index contributed by atoms with van der Waals surface area (Å²) in [5, 5.41) is 12.4. The molecule has 0 spiro atoms. The van der Waals surface area contributed by atoms with Crippen molar-refractivity contribution in [1.29, 1.82) is 0 Å². The van der Waals surface area contributed by atoms with Gasteiger partial charge in [0.1, 0.15) is 0 Å². The van der Waals surface area contributed by atoms with Gasteiger partial charge in [-0.1, -0.05) is 50.6 Å². The maximum atomic E-state index is 12.2. The molecule has 3 aliphatic rings. The summed E-state index contributed by atoms with van der Waals surface area (Å²) >= 11 is 1.37. The topological polar surface area (TPSA) is 53.8 Å². The van der Waals surface area contributed by atoms with Crippen LogP contribution in [0.2, 0.25) is 0 Å². The molecule has 1 saturated heterocycles. The Bertz CT molecular complexity index is 868. The largest absolute Gasteiger partial charge is 0.299 e. The molecule has 5 heteroatoms. The van der Waals surface area contributed by atoms with Crippen molar-refractivity contribution < 1.29 is 4.79 Å². The van der Waals surface area contributed by atoms with Gasteiger partial charge in [-0.15, -0.1) is 5.10 Å². The van der Waals surface area contributed by atoms with Crippen molar-refractivity contribution in [2.24, 2.45) is 27.0 Å². The Morgan fingerprint density at radius 3 is 2.73 bits per heavy atom. The van der Waals surface area contributed by atoms with Gasteiger partial charge >= 0.3 is 0 Å². The molecule has 0 radical (unpaired) electrons. The van der Waals surface area contributed by atoms with Crippen LogP contribution >= 0.6 is 11.8 Å². The molecule has 4 rings (SSSR count). The Morgan fingerprint density at radius 2 is 2.08 bits per heavy atom. The molecule has 2 bridgehead atoms. The first-order chi connectivity index (χ1) is 12.3. The minimum Gasteiger partial charge on any atom is -0.299 e. The van der Waals surface area contributed by atoms with E-state index in [0.717, 1.165) is 12.0 Å². The number of hydrogen-bond acceptors (Lipinski definition) is 4. The van der Waals surface area contributed by atoms with Gasteiger partial charge < -0.3 is 0 Å². The predicted octanol–water partition coefficient (Wildman–Crippen LogP) is 4.76. The molecule has 1 aliphatic heterocycles. The highest BCUT2D eigenvalue weighted by Gasteiger charge is 2.60. The minimum atomic E-state index is -0.102. The fourth-order valence-electron chi connectivity index (χ4n) is 4.57. The second-order valence-electron chi connectivity index (χ2n) is 8.42. The van der Waals surface area contributed by atoms with Crippen molar-refractivity contribution in [1.82, 2.24) is 5.32 Å². The van der Waals surface area contributed by atoms with Gasteiger partial charge in [-0.3, -0.25) is 10.1 Å². The van der Waals surface area contributed by atoms with E-state index in [9.17, 15) is 4.79 Å². The van der Waals surface area contributed by atoms with Crippen LogP contribution in [0.25, 0.3) is 6.08 Å². The Morgan fingerprint density at radius 1 is 1.27 bits per heavy atom. The van der Waals surface area contributed by atoms with Crippen molar-refractivity contribution in [3.63, 3.8) is 0 Å². The van der Waals surface area contributed by atoms with Gasteiger partial charge in [-0.25, -0.2) is 0 Å². The highest BCUT2D eigenvalue weighted by molar-refractivity contribution is 8.18. The van der Waals surface area contributed by atoms with E-state index in [1.807, 2.05) is 31.2 Å². The molecular formula is C21H25N3OS. The average molecular weight is 368 g/mol. The zero-order valence-electron chi connectivity index (χ0n) is 15.8. The number of fused-ring (bicyclic) bond motifs is 2. The number of nitrogens with one attached hydrogen (secondary N) is 1. The molecule has 2 aliphatic carbocycles. The molecule has 26 heavy (non-hydrogen) atoms. The molecule has 136 valence electrons. The highest BCUT2D eigenvalue weighted by Crippen LogP contribution is 2.64. The summed E-state index contributed by atoms with van der Waals surface area (Å²) in [6.07, 6.45) is 5.41. The maximum absolute atomic E-state index is 12.2. The second kappa shape index (κ2) is 6.08. The summed E-state index contributed by atoms with van der Waals surface area (Å²) in [5.74, 6) is 0.601. The van der Waals surface area contributed by atoms with E-state index >= 15 is 0 Å². The number of amidine groups is 1. The predicted molar refractivity (Wildman–Crippen MR) is 109 cm³/mol. The minimum absolute atomic E-state index is 0.102. The normalized spacial score (nSPS) is 34.2. The molecule has 1 heterocycles. The van der Waals surface area contributed by atoms with E-state index in [1.165, 1.54) is 35.9 Å². The van der Waals surface area contributed by atoms with Crippen molar-refractivity contribution in [3.8, 4) is 0 Å². The Kier molecular flexibility index (Phi) is 4.10. The van der Waals surface area contributed by atoms with Crippen LogP contribution in [0, 0.1) is 23.7 Å². The Balaban J connectivity index is 1.55. The number of aryl methyl sites for hydroxylation is 1. The lowest BCUT2D eigenvalue weighted by atomic mass is 9.70. The van der Waals surface area contributed by atoms with E-state index in [4.69, 9.17) is 0 Å². The SMILES string of the molecule is Cc1cccc(/C=C2/S/C(=N/N=C3/C[C@H]4CC[C@@]3(C)C4(C)C)NC2=O)c1. The summed E-state index contributed by atoms with van der Waals surface area (Å²) in [6, 6.07) is 8.11. The van der Waals surface area contributed by atoms with Crippen LogP contribution in [0.4, 0.5) is 0 Å². The summed E-state index contributed by atoms with van der Waals surface area (Å²) in [4.78, 5) is 12.9. The third-order valence-corrected chi connectivity index (χ3v) is 7.66. The molecule has 1 amide bonds. The van der Waals surface area contributed by atoms with Gasteiger partial charge in [0, 0.05) is 11.1 Å². The smallest absolute Gasteiger partial charge is 0.264 e. The molecule has 1 N–H and O–H groups in total. The molecular weight excluding hydrogens is 342 g/mol. The van der Waals surface area contributed by atoms with Gasteiger partial charge in [-0.2, -0.15) is 5.10 Å². The molecule has 2 atom stereocenters. The lowest BCUT2D eigenvalue weighted by Crippen LogP contribution is -2.32. The van der Waals surface area contributed by atoms with Crippen LogP contribution in [0.1, 0.15) is 51.2 Å². The fourth-order valence-corrected chi connectivity index (χ4v) is 5.34. The first-order valence-corrected chi connectivity index (χ1v) is 10.0. The fraction of sp³-hybridized carbons (Fsp3) is 0.476. The molecule has 4 nitrogen and oxygen atoms in total. The van der Waals surface area contributed by atoms with Crippen molar-refractivity contribution in [2.45, 2.75) is 47.0 Å². The standard InChI is InChI=1S/C21H25N3OS/c1-13-6-5-7-14(10-13)11-16-18(25)22-19(26-16)24-23-17-12-15-8-9-21(17,4)20(15,2)3/h5-7,10-11,15H,8-9,12H2,1-4H3,(H,22,24,25)/b16-11+,23-17-/t15-,21-/m1/s1. The number of rotatable bonds is 2. The zero-order chi connectivity index (χ0) is 18.5. The number of carbonyl (C=O) groups excluding carboxylic acids is 1. The Labute approximate surface area is 159 Å². The van der Waals surface area contributed by atoms with Crippen molar-refractivity contribution in [3.05, 3.63) is 40.3 Å². The van der Waals surface area contributed by atoms with Crippen LogP contribution in [-0.2, 0) is 4.79 Å². The van der Waals surface area contributed by atoms with Crippen LogP contribution in [0.15, 0.2) is 39.4 Å². The number of thioether (sulfide) groups is 1. The quantitative estimate of drug-likeness (QED) is 0.605. The number of carbonyl (C=O) groups is 1. The zero-order valence-corrected chi connectivity index (χ0v) is 16.6. The molecule has 0 aromatic heterocycles. The second-order valence-corrected chi connectivity index (χ2v) is 9.45. The van der Waals surface area contributed by atoms with Gasteiger partial charge in [0.25, 0.3) is 5.91 Å². The summed E-state index contributed by atoms with van der Waals surface area (Å²) in [6.45, 7) is 9.08. The van der Waals surface area contributed by atoms with Gasteiger partial charge in [0.15, 0.2) is 5.17 Å². The van der Waals surface area contributed by atoms with E-state index in [1.54, 1.807) is 0 Å². The van der Waals surface area contributed by atoms with E-state index in [2.05, 4.69) is 42.4 Å². The van der Waals surface area contributed by atoms with Crippen molar-refractivity contribution >= 4 is 34.6 Å². The van der Waals surface area contributed by atoms with Gasteiger partial charge in [0.2, 0.25) is 0 Å². The van der Waals surface area contributed by atoms with Crippen LogP contribution in [0.3, 0.4) is 0 Å². The van der Waals surface area contributed by atoms with Crippen LogP contribution in [-0.4, -0.2) is 16.8 Å². The third kappa shape index (κ3) is 2.73. The van der Waals surface area contributed by atoms with Gasteiger partial charge in [0.05, 0.1) is 4.91 Å². The third-order valence-electron chi connectivity index (χ3n) is 6.76. The molecule has 3 fully saturated rings. The lowest BCUT2D eigenvalue weighted by molar-refractivity contribution is -0.115. The van der Waals surface area contributed by atoms with E-state index in [-0.39, 0.29) is 16.7 Å². The lowest BCUT2D eigenvalue weighted by Gasteiger charge is -2.34.